The Labute approximate surface area is 164 Å². The van der Waals surface area contributed by atoms with E-state index in [1.807, 2.05) is 0 Å². The van der Waals surface area contributed by atoms with Gasteiger partial charge in [0, 0.05) is 0 Å². The van der Waals surface area contributed by atoms with Gasteiger partial charge in [-0.25, -0.2) is 8.42 Å². The molecule has 0 aliphatic carbocycles. The van der Waals surface area contributed by atoms with E-state index < -0.39 is 14.9 Å². The van der Waals surface area contributed by atoms with Crippen LogP contribution >= 0.6 is 0 Å². The first-order valence-corrected chi connectivity index (χ1v) is 8.59. The number of hydrogen-bond donors (Lipinski definition) is 0. The van der Waals surface area contributed by atoms with Gasteiger partial charge in [-0.05, 0) is 16.7 Å². The van der Waals surface area contributed by atoms with Gasteiger partial charge in [0.2, 0.25) is 0 Å². The second-order valence-corrected chi connectivity index (χ2v) is 6.75. The van der Waals surface area contributed by atoms with E-state index in [-0.39, 0.29) is 29.6 Å². The van der Waals surface area contributed by atoms with E-state index in [9.17, 15) is 13.0 Å². The molecule has 3 rings (SSSR count). The molecule has 0 heterocycles. The van der Waals surface area contributed by atoms with Gasteiger partial charge in [0.25, 0.3) is 0 Å². The molecule has 0 amide bonds. The van der Waals surface area contributed by atoms with Gasteiger partial charge in [-0.3, -0.25) is 0 Å². The second kappa shape index (κ2) is 7.64. The van der Waals surface area contributed by atoms with Crippen molar-refractivity contribution >= 4 is 10.1 Å². The normalized spacial score (nSPS) is 11.5. The predicted molar refractivity (Wildman–Crippen MR) is 88.9 cm³/mol. The summed E-state index contributed by atoms with van der Waals surface area (Å²) < 4.78 is 35.7. The zero-order valence-electron chi connectivity index (χ0n) is 13.3. The summed E-state index contributed by atoms with van der Waals surface area (Å²) in [7, 11) is -4.74. The summed E-state index contributed by atoms with van der Waals surface area (Å²) in [5, 5.41) is 0. The van der Waals surface area contributed by atoms with Crippen LogP contribution in [0.15, 0.2) is 91.0 Å². The molecule has 5 heteroatoms. The number of benzene rings is 3. The summed E-state index contributed by atoms with van der Waals surface area (Å²) in [4.78, 5) is 0. The first kappa shape index (κ1) is 18.9. The van der Waals surface area contributed by atoms with Crippen molar-refractivity contribution < 1.29 is 42.5 Å². The van der Waals surface area contributed by atoms with E-state index in [0.717, 1.165) is 0 Å². The van der Waals surface area contributed by atoms with Crippen molar-refractivity contribution in [3.8, 4) is 0 Å². The zero-order valence-corrected chi connectivity index (χ0v) is 16.1. The first-order chi connectivity index (χ1) is 11.1. The van der Waals surface area contributed by atoms with E-state index in [1.54, 1.807) is 91.0 Å². The Hall–Kier alpha value is -1.43. The molecule has 0 aromatic heterocycles. The maximum Gasteiger partial charge on any atom is 1.00 e. The fourth-order valence-electron chi connectivity index (χ4n) is 2.95. The molecule has 0 aliphatic rings. The molecule has 3 nitrogen and oxygen atoms in total. The van der Waals surface area contributed by atoms with Crippen molar-refractivity contribution in [1.29, 1.82) is 0 Å². The predicted octanol–water partition coefficient (Wildman–Crippen LogP) is 0.528. The minimum Gasteiger partial charge on any atom is -0.747 e. The largest absolute Gasteiger partial charge is 1.00 e. The summed E-state index contributed by atoms with van der Waals surface area (Å²) in [5.74, 6) is 0. The first-order valence-electron chi connectivity index (χ1n) is 7.19. The van der Waals surface area contributed by atoms with Crippen LogP contribution in [0.2, 0.25) is 0 Å². The zero-order chi connectivity index (χ0) is 16.3. The van der Waals surface area contributed by atoms with Crippen molar-refractivity contribution in [2.75, 3.05) is 0 Å². The molecule has 0 spiro atoms. The quantitative estimate of drug-likeness (QED) is 0.393. The molecule has 0 radical (unpaired) electrons. The van der Waals surface area contributed by atoms with Crippen LogP contribution in [0.25, 0.3) is 0 Å². The van der Waals surface area contributed by atoms with Crippen LogP contribution in [-0.2, 0) is 14.9 Å². The standard InChI is InChI=1S/C19H16O3S.Na/c20-23(21,22)19(16-10-4-1-5-11-16,17-12-6-2-7-13-17)18-14-8-3-9-15-18;/h1-15H,(H,20,21,22);/q;+1/p-1. The Balaban J connectivity index is 0.00000208. The molecule has 0 saturated carbocycles. The van der Waals surface area contributed by atoms with Crippen molar-refractivity contribution in [3.05, 3.63) is 108 Å². The van der Waals surface area contributed by atoms with E-state index in [1.165, 1.54) is 0 Å². The summed E-state index contributed by atoms with van der Waals surface area (Å²) in [6, 6.07) is 25.9. The smallest absolute Gasteiger partial charge is 0.747 e. The van der Waals surface area contributed by atoms with Crippen LogP contribution in [0.5, 0.6) is 0 Å². The van der Waals surface area contributed by atoms with Crippen LogP contribution < -0.4 is 29.6 Å². The summed E-state index contributed by atoms with van der Waals surface area (Å²) in [6.45, 7) is 0. The third kappa shape index (κ3) is 3.21. The van der Waals surface area contributed by atoms with Crippen molar-refractivity contribution in [2.24, 2.45) is 0 Å². The van der Waals surface area contributed by atoms with Crippen LogP contribution in [0.3, 0.4) is 0 Å². The molecule has 0 fully saturated rings. The van der Waals surface area contributed by atoms with Gasteiger partial charge in [-0.2, -0.15) is 0 Å². The minimum absolute atomic E-state index is 0. The molecular formula is C19H15NaO3S. The Morgan fingerprint density at radius 2 is 0.833 bits per heavy atom. The van der Waals surface area contributed by atoms with Gasteiger partial charge in [0.05, 0.1) is 0 Å². The van der Waals surface area contributed by atoms with Crippen molar-refractivity contribution in [1.82, 2.24) is 0 Å². The van der Waals surface area contributed by atoms with E-state index in [2.05, 4.69) is 0 Å². The Bertz CT molecular complexity index is 783. The third-order valence-electron chi connectivity index (χ3n) is 3.92. The number of hydrogen-bond acceptors (Lipinski definition) is 3. The second-order valence-electron chi connectivity index (χ2n) is 5.23. The molecule has 0 saturated heterocycles. The van der Waals surface area contributed by atoms with Gasteiger partial charge < -0.3 is 4.55 Å². The molecule has 0 aliphatic heterocycles. The minimum atomic E-state index is -4.74. The Morgan fingerprint density at radius 3 is 1.04 bits per heavy atom. The molecule has 0 N–H and O–H groups in total. The van der Waals surface area contributed by atoms with Gasteiger partial charge in [-0.1, -0.05) is 91.0 Å². The fourth-order valence-corrected chi connectivity index (χ4v) is 4.23. The van der Waals surface area contributed by atoms with Crippen molar-refractivity contribution in [2.45, 2.75) is 4.75 Å². The molecule has 24 heavy (non-hydrogen) atoms. The third-order valence-corrected chi connectivity index (χ3v) is 5.37. The Morgan fingerprint density at radius 1 is 0.583 bits per heavy atom. The van der Waals surface area contributed by atoms with Gasteiger partial charge in [0.15, 0.2) is 0 Å². The van der Waals surface area contributed by atoms with Gasteiger partial charge >= 0.3 is 29.6 Å². The Kier molecular flexibility index (Phi) is 6.01. The summed E-state index contributed by atoms with van der Waals surface area (Å²) in [5.41, 5.74) is 1.31. The van der Waals surface area contributed by atoms with Crippen LogP contribution in [0, 0.1) is 0 Å². The average molecular weight is 346 g/mol. The van der Waals surface area contributed by atoms with Crippen molar-refractivity contribution in [3.63, 3.8) is 0 Å². The maximum atomic E-state index is 12.5. The van der Waals surface area contributed by atoms with Crippen LogP contribution in [0.1, 0.15) is 16.7 Å². The summed E-state index contributed by atoms with van der Waals surface area (Å²) >= 11 is 0. The molecule has 0 unspecified atom stereocenters. The molecule has 0 atom stereocenters. The maximum absolute atomic E-state index is 12.5. The fraction of sp³-hybridized carbons (Fsp3) is 0.0526. The van der Waals surface area contributed by atoms with E-state index in [0.29, 0.717) is 16.7 Å². The summed E-state index contributed by atoms with van der Waals surface area (Å²) in [6.07, 6.45) is 0. The van der Waals surface area contributed by atoms with Gasteiger partial charge in [0.1, 0.15) is 14.9 Å². The molecule has 3 aromatic carbocycles. The van der Waals surface area contributed by atoms with E-state index in [4.69, 9.17) is 0 Å². The van der Waals surface area contributed by atoms with E-state index >= 15 is 0 Å². The molecule has 3 aromatic rings. The number of rotatable bonds is 4. The van der Waals surface area contributed by atoms with Gasteiger partial charge in [-0.15, -0.1) is 0 Å². The average Bonchev–Trinajstić information content (AvgIpc) is 2.57. The SMILES string of the molecule is O=S(=O)([O-])C(c1ccccc1)(c1ccccc1)c1ccccc1.[Na+]. The van der Waals surface area contributed by atoms with Crippen LogP contribution in [-0.4, -0.2) is 13.0 Å². The topological polar surface area (TPSA) is 57.2 Å². The molecular weight excluding hydrogens is 331 g/mol. The monoisotopic (exact) mass is 346 g/mol. The molecule has 0 bridgehead atoms. The molecule has 116 valence electrons. The van der Waals surface area contributed by atoms with Crippen LogP contribution in [0.4, 0.5) is 0 Å².